The van der Waals surface area contributed by atoms with Crippen LogP contribution in [0.4, 0.5) is 0 Å². The number of benzene rings is 1. The van der Waals surface area contributed by atoms with E-state index >= 15 is 9.59 Å². The van der Waals surface area contributed by atoms with Gasteiger partial charge in [0.25, 0.3) is 5.91 Å². The Kier molecular flexibility index (Phi) is 37.8. The van der Waals surface area contributed by atoms with Gasteiger partial charge >= 0.3 is 5.97 Å². The van der Waals surface area contributed by atoms with Gasteiger partial charge in [-0.25, -0.2) is 4.79 Å². The summed E-state index contributed by atoms with van der Waals surface area (Å²) in [6.07, 6.45) is 1.02. The highest BCUT2D eigenvalue weighted by Crippen LogP contribution is 2.23. The largest absolute Gasteiger partial charge is 0.458 e. The van der Waals surface area contributed by atoms with Gasteiger partial charge in [0.1, 0.15) is 84.3 Å². The highest BCUT2D eigenvalue weighted by Gasteiger charge is 2.44. The summed E-state index contributed by atoms with van der Waals surface area (Å²) in [5, 5.41) is 43.2. The van der Waals surface area contributed by atoms with Gasteiger partial charge < -0.3 is 84.3 Å². The van der Waals surface area contributed by atoms with Crippen molar-refractivity contribution in [1.82, 2.24) is 68.7 Å². The van der Waals surface area contributed by atoms with Crippen molar-refractivity contribution in [2.45, 2.75) is 280 Å². The summed E-state index contributed by atoms with van der Waals surface area (Å²) >= 11 is 0. The maximum atomic E-state index is 15.0. The summed E-state index contributed by atoms with van der Waals surface area (Å²) in [5.41, 5.74) is 6.34. The smallest absolute Gasteiger partial charge is 0.329 e. The SMILES string of the molecule is CC=C1NC(=O)[C@H](Cc2ccccc2)NC(=O)C(C(C)C)NC(=O)[C@@H](C(C)CC)NC(=O)C(NC(=O)[C@H](NC(=O)[C@H](CCCN)NC(=O)[C@H]2CCCN2C(=O)C(NC(=O)C(NC(=O)C(NC(=O)C(NC(=O)CCCC(C)C)C(C)C)C(C)O)C(C)C)C(C)C)C(C)CC)C(C)OC(=O)C(C(C)C)NC1=O. The van der Waals surface area contributed by atoms with E-state index in [1.165, 1.54) is 31.7 Å². The first-order valence-corrected chi connectivity index (χ1v) is 37.5. The van der Waals surface area contributed by atoms with E-state index in [9.17, 15) is 62.6 Å². The number of allylic oxidation sites excluding steroid dienone is 1. The first kappa shape index (κ1) is 90.7. The Morgan fingerprint density at radius 2 is 1.15 bits per heavy atom. The number of nitrogens with one attached hydrogen (secondary N) is 12. The summed E-state index contributed by atoms with van der Waals surface area (Å²) in [5.74, 6) is -15.1. The van der Waals surface area contributed by atoms with Crippen molar-refractivity contribution in [2.75, 3.05) is 13.1 Å². The van der Waals surface area contributed by atoms with Crippen LogP contribution in [0, 0.1) is 47.3 Å². The molecule has 3 rings (SSSR count). The fraction of sp³-hybridized carbons (Fsp3) is 0.707. The van der Waals surface area contributed by atoms with Crippen LogP contribution in [-0.2, 0) is 78.3 Å². The van der Waals surface area contributed by atoms with Crippen LogP contribution in [0.15, 0.2) is 42.1 Å². The van der Waals surface area contributed by atoms with Crippen LogP contribution >= 0.6 is 0 Å². The molecule has 11 unspecified atom stereocenters. The topological polar surface area (TPSA) is 442 Å². The summed E-state index contributed by atoms with van der Waals surface area (Å²) < 4.78 is 5.96. The van der Waals surface area contributed by atoms with E-state index in [-0.39, 0.29) is 63.2 Å². The number of carbonyl (C=O) groups excluding carboxylic acids is 14. The summed E-state index contributed by atoms with van der Waals surface area (Å²) in [4.78, 5) is 202. The quantitative estimate of drug-likeness (QED) is 0.0353. The van der Waals surface area contributed by atoms with Crippen molar-refractivity contribution < 1.29 is 77.0 Å². The van der Waals surface area contributed by atoms with Gasteiger partial charge in [0.2, 0.25) is 70.9 Å². The number of likely N-dealkylation sites (tertiary alicyclic amines) is 1. The van der Waals surface area contributed by atoms with E-state index in [0.29, 0.717) is 30.7 Å². The third-order valence-corrected chi connectivity index (χ3v) is 19.3. The fourth-order valence-corrected chi connectivity index (χ4v) is 12.1. The Hall–Kier alpha value is -8.54. The van der Waals surface area contributed by atoms with E-state index in [1.54, 1.807) is 127 Å². The molecule has 2 aliphatic rings. The van der Waals surface area contributed by atoms with Gasteiger partial charge in [0.05, 0.1) is 6.10 Å². The molecule has 13 amide bonds. The van der Waals surface area contributed by atoms with Crippen LogP contribution in [0.1, 0.15) is 195 Å². The molecule has 0 bridgehead atoms. The van der Waals surface area contributed by atoms with Gasteiger partial charge in [-0.1, -0.05) is 166 Å². The second-order valence-corrected chi connectivity index (χ2v) is 30.2. The molecule has 30 nitrogen and oxygen atoms in total. The van der Waals surface area contributed by atoms with E-state index in [2.05, 4.69) is 63.8 Å². The van der Waals surface area contributed by atoms with Gasteiger partial charge in [-0.2, -0.15) is 0 Å². The number of carbonyl (C=O) groups is 14. The van der Waals surface area contributed by atoms with Crippen LogP contribution in [0.3, 0.4) is 0 Å². The van der Waals surface area contributed by atoms with Crippen molar-refractivity contribution in [3.05, 3.63) is 47.7 Å². The average molecular weight is 1480 g/mol. The lowest BCUT2D eigenvalue weighted by Gasteiger charge is -2.33. The predicted octanol–water partition coefficient (Wildman–Crippen LogP) is 1.84. The highest BCUT2D eigenvalue weighted by molar-refractivity contribution is 6.03. The molecule has 1 aromatic rings. The molecule has 2 fully saturated rings. The number of nitrogens with two attached hydrogens (primary N) is 1. The number of hydrogen-bond acceptors (Lipinski definition) is 17. The molecule has 105 heavy (non-hydrogen) atoms. The number of rotatable bonds is 33. The summed E-state index contributed by atoms with van der Waals surface area (Å²) in [6.45, 7) is 31.8. The molecule has 590 valence electrons. The molecule has 16 atom stereocenters. The molecule has 0 aliphatic carbocycles. The summed E-state index contributed by atoms with van der Waals surface area (Å²) in [6, 6.07) is -7.67. The lowest BCUT2D eigenvalue weighted by atomic mass is 9.95. The third-order valence-electron chi connectivity index (χ3n) is 19.3. The Morgan fingerprint density at radius 3 is 1.69 bits per heavy atom. The molecule has 30 heteroatoms. The minimum Gasteiger partial charge on any atom is -0.458 e. The van der Waals surface area contributed by atoms with Gasteiger partial charge in [-0.05, 0) is 112 Å². The lowest BCUT2D eigenvalue weighted by Crippen LogP contribution is -2.64. The minimum atomic E-state index is -1.83. The number of ether oxygens (including phenoxy) is 1. The third kappa shape index (κ3) is 27.7. The molecule has 2 heterocycles. The van der Waals surface area contributed by atoms with Crippen molar-refractivity contribution in [1.29, 1.82) is 0 Å². The first-order valence-electron chi connectivity index (χ1n) is 37.5. The molecule has 0 radical (unpaired) electrons. The van der Waals surface area contributed by atoms with Crippen LogP contribution < -0.4 is 69.5 Å². The van der Waals surface area contributed by atoms with Crippen molar-refractivity contribution in [3.63, 3.8) is 0 Å². The zero-order valence-electron chi connectivity index (χ0n) is 65.2. The standard InChI is InChI=1S/C75H124N14O16/c1-20-44(16)59(71(100)88-62-47(19)105-75(104)58(43(14)15)84-63(92)49(22-3)77-65(94)51(37-48-30-24-23-25-31-48)79-67(96)55(40(8)9)81-70(99)60(45(17)21-2)86-73(62)102)85-64(93)50(32-27-35-76)78-66(95)52-33-28-36-89(52)74(103)57(42(12)13)83-69(98)56(41(10)11)82-72(101)61(46(18)90)87-68(97)54(39(6)7)80-53(91)34-26-29-38(4)5/h22-25,30-31,38-47,50-52,54-62,90H,20-21,26-29,32-37,76H2,1-19H3,(H,77,94)(H,78,95)(H,79,96)(H,80,91)(H,81,99)(H,82,101)(H,83,98)(H,84,92)(H,85,93)(H,86,102)(H,87,97)(H,88,100)/t44?,45?,46?,47?,50-,51-,52+,54?,55?,56?,57?,58?,59+,60+,61?,62?/m0/s1. The first-order chi connectivity index (χ1) is 49.2. The molecule has 2 aliphatic heterocycles. The minimum absolute atomic E-state index is 0.0355. The maximum absolute atomic E-state index is 15.0. The second-order valence-electron chi connectivity index (χ2n) is 30.2. The van der Waals surface area contributed by atoms with Crippen molar-refractivity contribution >= 4 is 82.8 Å². The number of amides is 13. The van der Waals surface area contributed by atoms with Gasteiger partial charge in [0.15, 0.2) is 0 Å². The van der Waals surface area contributed by atoms with Gasteiger partial charge in [-0.3, -0.25) is 62.3 Å². The molecular formula is C75H124N14O16. The molecule has 0 spiro atoms. The van der Waals surface area contributed by atoms with Gasteiger partial charge in [0, 0.05) is 19.4 Å². The Bertz CT molecular complexity index is 3160. The monoisotopic (exact) mass is 1480 g/mol. The molecule has 0 aromatic heterocycles. The molecule has 15 N–H and O–H groups in total. The van der Waals surface area contributed by atoms with Crippen LogP contribution in [-0.4, -0.2) is 191 Å². The van der Waals surface area contributed by atoms with E-state index in [0.717, 1.165) is 6.42 Å². The van der Waals surface area contributed by atoms with E-state index in [4.69, 9.17) is 10.5 Å². The van der Waals surface area contributed by atoms with E-state index in [1.807, 2.05) is 13.8 Å². The van der Waals surface area contributed by atoms with Crippen LogP contribution in [0.2, 0.25) is 0 Å². The predicted molar refractivity (Wildman–Crippen MR) is 395 cm³/mol. The Labute approximate surface area is 620 Å². The molecule has 2 saturated heterocycles. The number of nitrogens with zero attached hydrogens (tertiary/aromatic N) is 1. The maximum Gasteiger partial charge on any atom is 0.329 e. The Balaban J connectivity index is 2.00. The highest BCUT2D eigenvalue weighted by atomic mass is 16.5. The Morgan fingerprint density at radius 1 is 0.610 bits per heavy atom. The zero-order valence-corrected chi connectivity index (χ0v) is 65.2. The second kappa shape index (κ2) is 43.8. The molecular weight excluding hydrogens is 1350 g/mol. The number of aliphatic hydroxyl groups excluding tert-OH is 1. The number of cyclic esters (lactones) is 1. The average Bonchev–Trinajstić information content (AvgIpc) is 1.79. The van der Waals surface area contributed by atoms with Crippen molar-refractivity contribution in [2.24, 2.45) is 53.1 Å². The van der Waals surface area contributed by atoms with E-state index < -0.39 is 203 Å². The zero-order chi connectivity index (χ0) is 79.4. The number of aliphatic hydroxyl groups is 1. The lowest BCUT2D eigenvalue weighted by molar-refractivity contribution is -0.157. The van der Waals surface area contributed by atoms with Crippen LogP contribution in [0.5, 0.6) is 0 Å². The van der Waals surface area contributed by atoms with Crippen LogP contribution in [0.25, 0.3) is 0 Å². The molecule has 1 aromatic carbocycles. The number of esters is 1. The summed E-state index contributed by atoms with van der Waals surface area (Å²) in [7, 11) is 0. The molecule has 0 saturated carbocycles. The number of hydrogen-bond donors (Lipinski definition) is 14. The van der Waals surface area contributed by atoms with Crippen molar-refractivity contribution in [3.8, 4) is 0 Å². The normalized spacial score (nSPS) is 22.6. The van der Waals surface area contributed by atoms with Gasteiger partial charge in [-0.15, -0.1) is 0 Å². The fourth-order valence-electron chi connectivity index (χ4n) is 12.1.